The van der Waals surface area contributed by atoms with Gasteiger partial charge in [-0.15, -0.1) is 0 Å². The lowest BCUT2D eigenvalue weighted by molar-refractivity contribution is 0.305. The molecule has 5 heterocycles. The van der Waals surface area contributed by atoms with Crippen molar-refractivity contribution in [2.24, 2.45) is 12.8 Å². The molecular weight excluding hydrogens is 398 g/mol. The van der Waals surface area contributed by atoms with Crippen molar-refractivity contribution in [1.82, 2.24) is 24.7 Å². The molecule has 2 bridgehead atoms. The Hall–Kier alpha value is -2.64. The summed E-state index contributed by atoms with van der Waals surface area (Å²) < 4.78 is 1.78. The molecule has 154 valence electrons. The van der Waals surface area contributed by atoms with Gasteiger partial charge in [0.15, 0.2) is 5.65 Å². The molecule has 3 N–H and O–H groups in total. The third-order valence-corrected chi connectivity index (χ3v) is 7.09. The minimum absolute atomic E-state index is 0.0822. The fourth-order valence-electron chi connectivity index (χ4n) is 5.50. The lowest BCUT2D eigenvalue weighted by atomic mass is 9.85. The van der Waals surface area contributed by atoms with Crippen LogP contribution in [0.5, 0.6) is 0 Å². The Bertz CT molecular complexity index is 1270. The van der Waals surface area contributed by atoms with Crippen LogP contribution in [0, 0.1) is 0 Å². The van der Waals surface area contributed by atoms with Crippen molar-refractivity contribution in [3.63, 3.8) is 0 Å². The molecule has 2 unspecified atom stereocenters. The Morgan fingerprint density at radius 2 is 1.97 bits per heavy atom. The molecule has 0 radical (unpaired) electrons. The molecule has 30 heavy (non-hydrogen) atoms. The maximum Gasteiger partial charge on any atom is 0.159 e. The largest absolute Gasteiger partial charge is 0.349 e. The van der Waals surface area contributed by atoms with E-state index in [0.29, 0.717) is 17.1 Å². The van der Waals surface area contributed by atoms with Gasteiger partial charge in [-0.3, -0.25) is 4.68 Å². The number of hydrogen-bond donors (Lipinski definition) is 2. The van der Waals surface area contributed by atoms with Crippen LogP contribution in [0.4, 0.5) is 5.82 Å². The summed E-state index contributed by atoms with van der Waals surface area (Å²) in [4.78, 5) is 15.5. The molecule has 6 rings (SSSR count). The number of halogens is 1. The first-order chi connectivity index (χ1) is 14.4. The van der Waals surface area contributed by atoms with Crippen molar-refractivity contribution in [3.05, 3.63) is 35.7 Å². The second-order valence-corrected chi connectivity index (χ2v) is 9.52. The second kappa shape index (κ2) is 6.18. The SMILES string of the molecule is Cn1cc2c(Cl)c(-c3c[nH]c4nc(N5C6CCC5CC(C)(N)C6)cnc34)ccc2n1. The van der Waals surface area contributed by atoms with E-state index in [1.54, 1.807) is 4.68 Å². The summed E-state index contributed by atoms with van der Waals surface area (Å²) in [6.45, 7) is 2.17. The van der Waals surface area contributed by atoms with Gasteiger partial charge in [-0.25, -0.2) is 9.97 Å². The summed E-state index contributed by atoms with van der Waals surface area (Å²) in [7, 11) is 1.90. The number of nitrogens with zero attached hydrogens (tertiary/aromatic N) is 5. The average molecular weight is 422 g/mol. The van der Waals surface area contributed by atoms with Crippen LogP contribution in [0.2, 0.25) is 5.02 Å². The normalized spacial score (nSPS) is 26.2. The van der Waals surface area contributed by atoms with Crippen LogP contribution in [-0.2, 0) is 7.05 Å². The summed E-state index contributed by atoms with van der Waals surface area (Å²) >= 11 is 6.74. The van der Waals surface area contributed by atoms with Gasteiger partial charge in [-0.2, -0.15) is 5.10 Å². The van der Waals surface area contributed by atoms with Crippen LogP contribution in [0.3, 0.4) is 0 Å². The highest BCUT2D eigenvalue weighted by Crippen LogP contribution is 2.42. The highest BCUT2D eigenvalue weighted by molar-refractivity contribution is 6.38. The van der Waals surface area contributed by atoms with E-state index in [-0.39, 0.29) is 5.54 Å². The summed E-state index contributed by atoms with van der Waals surface area (Å²) in [5.41, 5.74) is 10.8. The number of piperidine rings is 1. The van der Waals surface area contributed by atoms with Gasteiger partial charge < -0.3 is 15.6 Å². The molecule has 2 saturated heterocycles. The van der Waals surface area contributed by atoms with Crippen molar-refractivity contribution >= 4 is 39.5 Å². The van der Waals surface area contributed by atoms with Crippen molar-refractivity contribution < 1.29 is 0 Å². The van der Waals surface area contributed by atoms with E-state index >= 15 is 0 Å². The van der Waals surface area contributed by atoms with Gasteiger partial charge in [0.05, 0.1) is 16.7 Å². The van der Waals surface area contributed by atoms with Crippen LogP contribution >= 0.6 is 11.6 Å². The van der Waals surface area contributed by atoms with Crippen LogP contribution in [-0.4, -0.2) is 42.4 Å². The van der Waals surface area contributed by atoms with Gasteiger partial charge >= 0.3 is 0 Å². The summed E-state index contributed by atoms with van der Waals surface area (Å²) in [5, 5.41) is 6.05. The molecule has 2 atom stereocenters. The Labute approximate surface area is 179 Å². The van der Waals surface area contributed by atoms with Crippen molar-refractivity contribution in [2.45, 2.75) is 50.2 Å². The number of hydrogen-bond acceptors (Lipinski definition) is 5. The van der Waals surface area contributed by atoms with Crippen LogP contribution in [0.1, 0.15) is 32.6 Å². The maximum atomic E-state index is 6.74. The molecule has 2 aliphatic heterocycles. The van der Waals surface area contributed by atoms with E-state index in [0.717, 1.165) is 51.9 Å². The predicted molar refractivity (Wildman–Crippen MR) is 120 cm³/mol. The standard InChI is InChI=1S/C22H24ClN7/c1-22(24)7-12-3-4-13(8-22)30(12)18-10-25-20-15(9-26-21(20)27-18)14-5-6-17-16(19(14)23)11-29(2)28-17/h5-6,9-13H,3-4,7-8,24H2,1-2H3,(H,26,27). The molecule has 2 fully saturated rings. The number of anilines is 1. The predicted octanol–water partition coefficient (Wildman–Crippen LogP) is 4.01. The summed E-state index contributed by atoms with van der Waals surface area (Å²) in [5.74, 6) is 0.938. The third-order valence-electron chi connectivity index (χ3n) is 6.68. The Morgan fingerprint density at radius 1 is 1.20 bits per heavy atom. The number of aryl methyl sites for hydroxylation is 1. The van der Waals surface area contributed by atoms with Crippen molar-refractivity contribution in [2.75, 3.05) is 4.90 Å². The zero-order valence-corrected chi connectivity index (χ0v) is 17.8. The summed E-state index contributed by atoms with van der Waals surface area (Å²) in [6, 6.07) is 4.89. The van der Waals surface area contributed by atoms with Gasteiger partial charge in [-0.1, -0.05) is 17.7 Å². The molecule has 4 aromatic rings. The average Bonchev–Trinajstić information content (AvgIpc) is 3.36. The second-order valence-electron chi connectivity index (χ2n) is 9.14. The van der Waals surface area contributed by atoms with Gasteiger partial charge in [0, 0.05) is 53.6 Å². The number of benzene rings is 1. The molecule has 0 aliphatic carbocycles. The van der Waals surface area contributed by atoms with Gasteiger partial charge in [-0.05, 0) is 38.7 Å². The first-order valence-corrected chi connectivity index (χ1v) is 10.8. The van der Waals surface area contributed by atoms with E-state index in [9.17, 15) is 0 Å². The quantitative estimate of drug-likeness (QED) is 0.510. The fraction of sp³-hybridized carbons (Fsp3) is 0.409. The topological polar surface area (TPSA) is 88.7 Å². The molecule has 8 heteroatoms. The number of aromatic nitrogens is 5. The number of rotatable bonds is 2. The molecule has 0 amide bonds. The highest BCUT2D eigenvalue weighted by atomic mass is 35.5. The maximum absolute atomic E-state index is 6.74. The molecular formula is C22H24ClN7. The fourth-order valence-corrected chi connectivity index (χ4v) is 5.81. The first kappa shape index (κ1) is 18.2. The van der Waals surface area contributed by atoms with Crippen molar-refractivity contribution in [3.8, 4) is 11.1 Å². The van der Waals surface area contributed by atoms with Crippen LogP contribution in [0.25, 0.3) is 33.2 Å². The van der Waals surface area contributed by atoms with E-state index < -0.39 is 0 Å². The lowest BCUT2D eigenvalue weighted by Gasteiger charge is -2.43. The zero-order chi connectivity index (χ0) is 20.6. The van der Waals surface area contributed by atoms with Crippen LogP contribution in [0.15, 0.2) is 30.7 Å². The van der Waals surface area contributed by atoms with Crippen LogP contribution < -0.4 is 10.6 Å². The van der Waals surface area contributed by atoms with Gasteiger partial charge in [0.25, 0.3) is 0 Å². The molecule has 7 nitrogen and oxygen atoms in total. The minimum Gasteiger partial charge on any atom is -0.349 e. The Balaban J connectivity index is 1.41. The van der Waals surface area contributed by atoms with E-state index in [2.05, 4.69) is 21.9 Å². The van der Waals surface area contributed by atoms with Crippen molar-refractivity contribution in [1.29, 1.82) is 0 Å². The van der Waals surface area contributed by atoms with E-state index in [1.807, 2.05) is 37.8 Å². The number of aromatic amines is 1. The molecule has 3 aromatic heterocycles. The number of fused-ring (bicyclic) bond motifs is 4. The highest BCUT2D eigenvalue weighted by Gasteiger charge is 2.45. The molecule has 1 aromatic carbocycles. The number of nitrogens with two attached hydrogens (primary N) is 1. The Kier molecular flexibility index (Phi) is 3.74. The smallest absolute Gasteiger partial charge is 0.159 e. The first-order valence-electron chi connectivity index (χ1n) is 10.4. The van der Waals surface area contributed by atoms with E-state index in [1.165, 1.54) is 12.8 Å². The minimum atomic E-state index is -0.0822. The molecule has 2 aliphatic rings. The van der Waals surface area contributed by atoms with Gasteiger partial charge in [0.1, 0.15) is 11.3 Å². The zero-order valence-electron chi connectivity index (χ0n) is 17.1. The monoisotopic (exact) mass is 421 g/mol. The molecule has 0 saturated carbocycles. The van der Waals surface area contributed by atoms with Gasteiger partial charge in [0.2, 0.25) is 0 Å². The Morgan fingerprint density at radius 3 is 2.73 bits per heavy atom. The lowest BCUT2D eigenvalue weighted by Crippen LogP contribution is -2.54. The third kappa shape index (κ3) is 2.65. The number of nitrogens with one attached hydrogen (secondary N) is 1. The number of H-pyrrole nitrogens is 1. The summed E-state index contributed by atoms with van der Waals surface area (Å²) in [6.07, 6.45) is 10.1. The molecule has 0 spiro atoms. The van der Waals surface area contributed by atoms with E-state index in [4.69, 9.17) is 27.3 Å².